The van der Waals surface area contributed by atoms with E-state index in [4.69, 9.17) is 31.9 Å². The highest BCUT2D eigenvalue weighted by molar-refractivity contribution is 6.61. The Hall–Kier alpha value is -1.48. The zero-order chi connectivity index (χ0) is 9.98. The maximum absolute atomic E-state index is 9.75. The van der Waals surface area contributed by atoms with E-state index in [0.29, 0.717) is 0 Å². The molecule has 2 N–H and O–H groups in total. The molecule has 0 aliphatic rings. The molecule has 0 saturated heterocycles. The van der Waals surface area contributed by atoms with Gasteiger partial charge in [-0.2, -0.15) is 5.26 Å². The summed E-state index contributed by atoms with van der Waals surface area (Å²) in [7, 11) is 0. The molecule has 0 amide bonds. The standard InChI is InChI=1S/C4H4ClNO2.CH2O3/c5-4(7)8-3-1-2-6;2-1(3)4/h1,3H2;(H2,2,3,4). The average Bonchev–Trinajstić information content (AvgIpc) is 1.86. The SMILES string of the molecule is N#CCCOC(=O)Cl.O=C(O)O. The summed E-state index contributed by atoms with van der Waals surface area (Å²) in [4.78, 5) is 18.3. The van der Waals surface area contributed by atoms with Crippen LogP contribution in [0, 0.1) is 11.3 Å². The van der Waals surface area contributed by atoms with Crippen molar-refractivity contribution >= 4 is 23.2 Å². The molecule has 0 aliphatic heterocycles. The second-order valence-corrected chi connectivity index (χ2v) is 1.59. The minimum Gasteiger partial charge on any atom is -0.453 e. The summed E-state index contributed by atoms with van der Waals surface area (Å²) in [6.45, 7) is 0.0822. The Kier molecular flexibility index (Phi) is 10.4. The Labute approximate surface area is 72.9 Å². The van der Waals surface area contributed by atoms with Crippen LogP contribution in [0.4, 0.5) is 9.59 Å². The first kappa shape index (κ1) is 13.1. The lowest BCUT2D eigenvalue weighted by Crippen LogP contribution is -1.93. The summed E-state index contributed by atoms with van der Waals surface area (Å²) in [6, 6.07) is 1.79. The van der Waals surface area contributed by atoms with Crippen molar-refractivity contribution in [1.82, 2.24) is 0 Å². The fourth-order valence-corrected chi connectivity index (χ4v) is 0.254. The average molecular weight is 196 g/mol. The van der Waals surface area contributed by atoms with Gasteiger partial charge in [-0.15, -0.1) is 0 Å². The smallest absolute Gasteiger partial charge is 0.453 e. The molecule has 7 heteroatoms. The number of ether oxygens (including phenoxy) is 1. The van der Waals surface area contributed by atoms with Gasteiger partial charge in [0.15, 0.2) is 0 Å². The van der Waals surface area contributed by atoms with E-state index < -0.39 is 11.6 Å². The molecular formula is C5H6ClNO5. The number of carboxylic acid groups (broad SMARTS) is 2. The molecular weight excluding hydrogens is 190 g/mol. The zero-order valence-electron chi connectivity index (χ0n) is 5.86. The molecule has 0 unspecified atom stereocenters. The number of nitrogens with zero attached hydrogens (tertiary/aromatic N) is 1. The Morgan fingerprint density at radius 1 is 1.50 bits per heavy atom. The van der Waals surface area contributed by atoms with Crippen LogP contribution < -0.4 is 0 Å². The lowest BCUT2D eigenvalue weighted by atomic mass is 10.5. The van der Waals surface area contributed by atoms with Gasteiger partial charge in [0, 0.05) is 11.6 Å². The Morgan fingerprint density at radius 3 is 2.17 bits per heavy atom. The van der Waals surface area contributed by atoms with Gasteiger partial charge < -0.3 is 14.9 Å². The highest BCUT2D eigenvalue weighted by Crippen LogP contribution is 1.87. The maximum Gasteiger partial charge on any atom is 0.503 e. The van der Waals surface area contributed by atoms with Crippen LogP contribution in [0.1, 0.15) is 6.42 Å². The maximum atomic E-state index is 9.75. The van der Waals surface area contributed by atoms with Crippen molar-refractivity contribution in [3.05, 3.63) is 0 Å². The van der Waals surface area contributed by atoms with Crippen LogP contribution >= 0.6 is 11.6 Å². The second-order valence-electron chi connectivity index (χ2n) is 1.28. The minimum atomic E-state index is -1.83. The van der Waals surface area contributed by atoms with Crippen molar-refractivity contribution in [2.75, 3.05) is 6.61 Å². The molecule has 0 fully saturated rings. The van der Waals surface area contributed by atoms with Crippen molar-refractivity contribution in [2.24, 2.45) is 0 Å². The number of halogens is 1. The number of carbonyl (C=O) groups is 2. The normalized spacial score (nSPS) is 7.00. The van der Waals surface area contributed by atoms with E-state index in [0.717, 1.165) is 0 Å². The van der Waals surface area contributed by atoms with Crippen molar-refractivity contribution in [3.8, 4) is 6.07 Å². The summed E-state index contributed by atoms with van der Waals surface area (Å²) < 4.78 is 4.19. The van der Waals surface area contributed by atoms with Gasteiger partial charge in [-0.1, -0.05) is 0 Å². The number of rotatable bonds is 2. The molecule has 0 bridgehead atoms. The summed E-state index contributed by atoms with van der Waals surface area (Å²) in [5, 5.41) is 21.8. The number of hydrogen-bond acceptors (Lipinski definition) is 4. The largest absolute Gasteiger partial charge is 0.503 e. The molecule has 0 aromatic heterocycles. The molecule has 0 aliphatic carbocycles. The van der Waals surface area contributed by atoms with Gasteiger partial charge in [0.2, 0.25) is 0 Å². The molecule has 68 valence electrons. The van der Waals surface area contributed by atoms with E-state index in [9.17, 15) is 4.79 Å². The lowest BCUT2D eigenvalue weighted by Gasteiger charge is -1.90. The summed E-state index contributed by atoms with van der Waals surface area (Å²) in [5.41, 5.74) is -0.861. The zero-order valence-corrected chi connectivity index (χ0v) is 6.61. The molecule has 0 heterocycles. The number of hydrogen-bond donors (Lipinski definition) is 2. The van der Waals surface area contributed by atoms with E-state index >= 15 is 0 Å². The molecule has 0 atom stereocenters. The third-order valence-electron chi connectivity index (χ3n) is 0.429. The lowest BCUT2D eigenvalue weighted by molar-refractivity contribution is 0.137. The van der Waals surface area contributed by atoms with Gasteiger partial charge in [-0.25, -0.2) is 9.59 Å². The molecule has 0 aromatic carbocycles. The molecule has 0 aromatic rings. The predicted molar refractivity (Wildman–Crippen MR) is 38.1 cm³/mol. The number of nitriles is 1. The van der Waals surface area contributed by atoms with Crippen LogP contribution in [0.2, 0.25) is 0 Å². The first-order valence-electron chi connectivity index (χ1n) is 2.61. The van der Waals surface area contributed by atoms with Crippen molar-refractivity contribution in [2.45, 2.75) is 6.42 Å². The quantitative estimate of drug-likeness (QED) is 0.511. The van der Waals surface area contributed by atoms with Crippen LogP contribution in [-0.2, 0) is 4.74 Å². The molecule has 12 heavy (non-hydrogen) atoms. The van der Waals surface area contributed by atoms with Crippen LogP contribution in [0.15, 0.2) is 0 Å². The van der Waals surface area contributed by atoms with Gasteiger partial charge in [0.1, 0.15) is 6.61 Å². The van der Waals surface area contributed by atoms with Gasteiger partial charge in [0.25, 0.3) is 0 Å². The van der Waals surface area contributed by atoms with Gasteiger partial charge in [0.05, 0.1) is 12.5 Å². The van der Waals surface area contributed by atoms with Crippen molar-refractivity contribution in [1.29, 1.82) is 5.26 Å². The highest BCUT2D eigenvalue weighted by Gasteiger charge is 1.91. The first-order chi connectivity index (χ1) is 5.50. The molecule has 0 spiro atoms. The third kappa shape index (κ3) is 38.9. The summed E-state index contributed by atoms with van der Waals surface area (Å²) >= 11 is 4.74. The van der Waals surface area contributed by atoms with Crippen molar-refractivity contribution in [3.63, 3.8) is 0 Å². The highest BCUT2D eigenvalue weighted by atomic mass is 35.5. The Bertz CT molecular complexity index is 183. The van der Waals surface area contributed by atoms with Crippen molar-refractivity contribution < 1.29 is 24.5 Å². The van der Waals surface area contributed by atoms with E-state index in [1.807, 2.05) is 0 Å². The fourth-order valence-electron chi connectivity index (χ4n) is 0.177. The van der Waals surface area contributed by atoms with Crippen LogP contribution in [0.5, 0.6) is 0 Å². The van der Waals surface area contributed by atoms with E-state index in [-0.39, 0.29) is 13.0 Å². The number of carbonyl (C=O) groups excluding carboxylic acids is 1. The van der Waals surface area contributed by atoms with Crippen LogP contribution in [-0.4, -0.2) is 28.4 Å². The first-order valence-corrected chi connectivity index (χ1v) is 2.99. The predicted octanol–water partition coefficient (Wildman–Crippen LogP) is 1.50. The Morgan fingerprint density at radius 2 is 1.92 bits per heavy atom. The molecule has 0 saturated carbocycles. The summed E-state index contributed by atoms with van der Waals surface area (Å²) in [5.74, 6) is 0. The minimum absolute atomic E-state index is 0.0822. The fraction of sp³-hybridized carbons (Fsp3) is 0.400. The Balaban J connectivity index is 0. The van der Waals surface area contributed by atoms with Crippen LogP contribution in [0.25, 0.3) is 0 Å². The molecule has 6 nitrogen and oxygen atoms in total. The van der Waals surface area contributed by atoms with E-state index in [1.54, 1.807) is 6.07 Å². The van der Waals surface area contributed by atoms with E-state index in [2.05, 4.69) is 4.74 Å². The van der Waals surface area contributed by atoms with Gasteiger partial charge >= 0.3 is 11.6 Å². The van der Waals surface area contributed by atoms with Gasteiger partial charge in [-0.05, 0) is 0 Å². The monoisotopic (exact) mass is 195 g/mol. The second kappa shape index (κ2) is 9.52. The topological polar surface area (TPSA) is 108 Å². The summed E-state index contributed by atoms with van der Waals surface area (Å²) in [6.07, 6.45) is -1.64. The van der Waals surface area contributed by atoms with Gasteiger partial charge in [-0.3, -0.25) is 0 Å². The third-order valence-corrected chi connectivity index (χ3v) is 0.539. The van der Waals surface area contributed by atoms with Crippen LogP contribution in [0.3, 0.4) is 0 Å². The molecule has 0 radical (unpaired) electrons. The molecule has 0 rings (SSSR count). The van der Waals surface area contributed by atoms with E-state index in [1.165, 1.54) is 0 Å².